The molecule has 14 heteroatoms. The van der Waals surface area contributed by atoms with E-state index in [0.29, 0.717) is 32.1 Å². The van der Waals surface area contributed by atoms with Crippen LogP contribution in [0.25, 0.3) is 0 Å². The minimum atomic E-state index is -4.68. The summed E-state index contributed by atoms with van der Waals surface area (Å²) in [5.41, 5.74) is 0. The molecule has 56 heavy (non-hydrogen) atoms. The van der Waals surface area contributed by atoms with Crippen LogP contribution in [0.2, 0.25) is 0 Å². The molecule has 0 aromatic carbocycles. The first-order valence-electron chi connectivity index (χ1n) is 21.2. The van der Waals surface area contributed by atoms with E-state index in [1.54, 1.807) is 6.08 Å². The van der Waals surface area contributed by atoms with Crippen LogP contribution in [-0.4, -0.2) is 99.3 Å². The molecule has 1 saturated carbocycles. The van der Waals surface area contributed by atoms with Crippen LogP contribution in [0.4, 0.5) is 0 Å². The number of carbonyl (C=O) groups excluding carboxylic acids is 2. The summed E-state index contributed by atoms with van der Waals surface area (Å²) in [6.07, 6.45) is 24.9. The van der Waals surface area contributed by atoms with Gasteiger partial charge in [0.1, 0.15) is 12.7 Å². The summed E-state index contributed by atoms with van der Waals surface area (Å²) < 4.78 is 32.6. The average Bonchev–Trinajstić information content (AvgIpc) is 3.44. The van der Waals surface area contributed by atoms with E-state index in [9.17, 15) is 39.5 Å². The van der Waals surface area contributed by atoms with E-state index in [-0.39, 0.29) is 31.1 Å². The molecule has 1 fully saturated rings. The minimum absolute atomic E-state index is 0.0628. The number of carbonyl (C=O) groups is 2. The van der Waals surface area contributed by atoms with Gasteiger partial charge in [0, 0.05) is 25.2 Å². The number of phosphoric acid groups is 1. The Balaban J connectivity index is 2.50. The lowest BCUT2D eigenvalue weighted by Gasteiger charge is -2.20. The summed E-state index contributed by atoms with van der Waals surface area (Å²) in [7, 11) is -4.68. The van der Waals surface area contributed by atoms with Crippen molar-refractivity contribution in [1.29, 1.82) is 0 Å². The molecular weight excluding hydrogens is 743 g/mol. The van der Waals surface area contributed by atoms with Crippen LogP contribution in [0.15, 0.2) is 36.5 Å². The number of hydrogen-bond donors (Lipinski definition) is 6. The average molecular weight is 819 g/mol. The van der Waals surface area contributed by atoms with Crippen molar-refractivity contribution >= 4 is 19.8 Å². The van der Waals surface area contributed by atoms with Gasteiger partial charge in [-0.25, -0.2) is 4.57 Å². The first kappa shape index (κ1) is 52.1. The highest BCUT2D eigenvalue weighted by molar-refractivity contribution is 7.47. The predicted molar refractivity (Wildman–Crippen MR) is 216 cm³/mol. The first-order valence-corrected chi connectivity index (χ1v) is 22.7. The Labute approximate surface area is 336 Å². The molecule has 0 amide bonds. The molecule has 8 atom stereocenters. The number of phosphoric ester groups is 1. The molecule has 0 bridgehead atoms. The van der Waals surface area contributed by atoms with Crippen molar-refractivity contribution in [2.24, 2.45) is 11.8 Å². The molecule has 1 aliphatic rings. The lowest BCUT2D eigenvalue weighted by molar-refractivity contribution is -0.161. The zero-order chi connectivity index (χ0) is 41.4. The third-order valence-electron chi connectivity index (χ3n) is 9.84. The molecule has 326 valence electrons. The lowest BCUT2D eigenvalue weighted by Crippen LogP contribution is -2.29. The van der Waals surface area contributed by atoms with E-state index >= 15 is 0 Å². The normalized spacial score (nSPS) is 21.5. The van der Waals surface area contributed by atoms with Gasteiger partial charge in [-0.05, 0) is 63.7 Å². The van der Waals surface area contributed by atoms with E-state index in [4.69, 9.17) is 19.1 Å². The fourth-order valence-electron chi connectivity index (χ4n) is 6.45. The van der Waals surface area contributed by atoms with Crippen molar-refractivity contribution in [2.45, 2.75) is 179 Å². The smallest absolute Gasteiger partial charge is 0.462 e. The second kappa shape index (κ2) is 33.0. The van der Waals surface area contributed by atoms with Gasteiger partial charge >= 0.3 is 19.8 Å². The number of aliphatic hydroxyl groups excluding tert-OH is 5. The Morgan fingerprint density at radius 2 is 1.32 bits per heavy atom. The maximum atomic E-state index is 12.6. The highest BCUT2D eigenvalue weighted by Crippen LogP contribution is 2.43. The Bertz CT molecular complexity index is 1150. The van der Waals surface area contributed by atoms with Gasteiger partial charge in [0.2, 0.25) is 0 Å². The van der Waals surface area contributed by atoms with Gasteiger partial charge in [-0.3, -0.25) is 18.6 Å². The third-order valence-corrected chi connectivity index (χ3v) is 10.8. The number of hydrogen-bond acceptors (Lipinski definition) is 12. The molecule has 6 N–H and O–H groups in total. The fourth-order valence-corrected chi connectivity index (χ4v) is 7.24. The quantitative estimate of drug-likeness (QED) is 0.0163. The molecule has 0 radical (unpaired) electrons. The van der Waals surface area contributed by atoms with Crippen LogP contribution >= 0.6 is 7.82 Å². The van der Waals surface area contributed by atoms with Gasteiger partial charge in [0.25, 0.3) is 0 Å². The monoisotopic (exact) mass is 818 g/mol. The molecule has 13 nitrogen and oxygen atoms in total. The van der Waals surface area contributed by atoms with Crippen molar-refractivity contribution in [2.75, 3.05) is 26.4 Å². The van der Waals surface area contributed by atoms with E-state index in [1.165, 1.54) is 25.7 Å². The maximum absolute atomic E-state index is 12.6. The lowest BCUT2D eigenvalue weighted by atomic mass is 9.89. The highest BCUT2D eigenvalue weighted by Gasteiger charge is 2.39. The molecule has 0 spiro atoms. The number of unbranched alkanes of at least 4 members (excludes halogenated alkanes) is 12. The van der Waals surface area contributed by atoms with Crippen LogP contribution in [0.1, 0.15) is 149 Å². The van der Waals surface area contributed by atoms with Crippen LogP contribution in [-0.2, 0) is 32.7 Å². The van der Waals surface area contributed by atoms with Gasteiger partial charge in [0.05, 0.1) is 38.1 Å². The van der Waals surface area contributed by atoms with Crippen molar-refractivity contribution in [3.8, 4) is 0 Å². The summed E-state index contributed by atoms with van der Waals surface area (Å²) >= 11 is 0. The van der Waals surface area contributed by atoms with Crippen LogP contribution in [0.3, 0.4) is 0 Å². The van der Waals surface area contributed by atoms with Gasteiger partial charge in [-0.15, -0.1) is 0 Å². The Hall–Kier alpha value is -1.93. The number of allylic oxidation sites excluding steroid dienone is 4. The second-order valence-electron chi connectivity index (χ2n) is 15.0. The van der Waals surface area contributed by atoms with Crippen LogP contribution in [0, 0.1) is 11.8 Å². The van der Waals surface area contributed by atoms with Crippen molar-refractivity contribution in [3.63, 3.8) is 0 Å². The van der Waals surface area contributed by atoms with Gasteiger partial charge in [-0.1, -0.05) is 108 Å². The zero-order valence-electron chi connectivity index (χ0n) is 34.2. The van der Waals surface area contributed by atoms with Crippen LogP contribution in [0.5, 0.6) is 0 Å². The molecule has 0 aromatic rings. The van der Waals surface area contributed by atoms with Gasteiger partial charge in [0.15, 0.2) is 6.10 Å². The summed E-state index contributed by atoms with van der Waals surface area (Å²) in [5, 5.41) is 49.6. The molecule has 0 aliphatic heterocycles. The maximum Gasteiger partial charge on any atom is 0.472 e. The third kappa shape index (κ3) is 26.9. The largest absolute Gasteiger partial charge is 0.472 e. The van der Waals surface area contributed by atoms with Gasteiger partial charge in [-0.2, -0.15) is 0 Å². The van der Waals surface area contributed by atoms with Crippen LogP contribution < -0.4 is 0 Å². The Morgan fingerprint density at radius 1 is 0.732 bits per heavy atom. The highest BCUT2D eigenvalue weighted by atomic mass is 31.2. The zero-order valence-corrected chi connectivity index (χ0v) is 35.1. The summed E-state index contributed by atoms with van der Waals surface area (Å²) in [5.74, 6) is -1.57. The molecule has 0 saturated heterocycles. The second-order valence-corrected chi connectivity index (χ2v) is 16.4. The summed E-state index contributed by atoms with van der Waals surface area (Å²) in [6.45, 7) is 1.96. The first-order chi connectivity index (χ1) is 26.9. The van der Waals surface area contributed by atoms with Gasteiger partial charge < -0.3 is 39.9 Å². The number of ether oxygens (including phenoxy) is 2. The van der Waals surface area contributed by atoms with E-state index < -0.39 is 76.7 Å². The number of aliphatic hydroxyl groups is 5. The molecule has 1 unspecified atom stereocenters. The van der Waals surface area contributed by atoms with Crippen molar-refractivity contribution in [3.05, 3.63) is 36.5 Å². The molecule has 1 aliphatic carbocycles. The molecule has 0 aromatic heterocycles. The summed E-state index contributed by atoms with van der Waals surface area (Å²) in [6, 6.07) is 0. The Kier molecular flexibility index (Phi) is 30.7. The SMILES string of the molecule is CCCCCC/C=C\CCCCCCCC(=O)O[C@H](COC(=O)CCC/C=C/C[C@@H]1[C@@H](/C=C/[C@@H](O)CCCCC)[C@H](O)C[C@@H]1O)COP(=O)(O)OC[C@@H](O)CO. The topological polar surface area (TPSA) is 210 Å². The fraction of sp³-hybridized carbons (Fsp3) is 0.810. The molecular formula is C42H75O13P. The van der Waals surface area contributed by atoms with E-state index in [2.05, 4.69) is 30.5 Å². The number of esters is 2. The standard InChI is InChI=1S/C42H75O13P/c1-3-5-7-8-9-10-11-12-13-14-15-16-22-26-42(49)55-36(33-54-56(50,51)53-31-35(45)30-43)32-52-41(48)25-21-18-17-20-24-37-38(40(47)29-39(37)46)28-27-34(44)23-19-6-4-2/h10-11,17,20,27-28,34-40,43-47H,3-9,12-16,18-19,21-26,29-33H2,1-2H3,(H,50,51)/b11-10-,20-17+,28-27+/t34-,35-,36+,37+,38+,39-,40+/m0/s1. The van der Waals surface area contributed by atoms with E-state index in [1.807, 2.05) is 18.2 Å². The minimum Gasteiger partial charge on any atom is -0.462 e. The van der Waals surface area contributed by atoms with Crippen molar-refractivity contribution < 1.29 is 63.1 Å². The Morgan fingerprint density at radius 3 is 2.02 bits per heavy atom. The van der Waals surface area contributed by atoms with E-state index in [0.717, 1.165) is 57.8 Å². The molecule has 0 heterocycles. The number of rotatable bonds is 35. The van der Waals surface area contributed by atoms with Crippen molar-refractivity contribution in [1.82, 2.24) is 0 Å². The molecule has 1 rings (SSSR count). The predicted octanol–water partition coefficient (Wildman–Crippen LogP) is 7.16. The summed E-state index contributed by atoms with van der Waals surface area (Å²) in [4.78, 5) is 35.1.